The third-order valence-corrected chi connectivity index (χ3v) is 10.8. The van der Waals surface area contributed by atoms with Crippen LogP contribution in [0.1, 0.15) is 98.3 Å². The van der Waals surface area contributed by atoms with Gasteiger partial charge in [-0.1, -0.05) is 27.2 Å². The van der Waals surface area contributed by atoms with E-state index in [0.29, 0.717) is 43.1 Å². The lowest BCUT2D eigenvalue weighted by molar-refractivity contribution is -0.159. The fourth-order valence-corrected chi connectivity index (χ4v) is 8.82. The molecule has 1 unspecified atom stereocenters. The number of hydrogen-bond acceptors (Lipinski definition) is 2. The lowest BCUT2D eigenvalue weighted by Gasteiger charge is -2.61. The highest BCUT2D eigenvalue weighted by molar-refractivity contribution is 5.80. The van der Waals surface area contributed by atoms with Crippen molar-refractivity contribution in [2.75, 3.05) is 7.05 Å². The van der Waals surface area contributed by atoms with E-state index in [1.54, 1.807) is 6.92 Å². The van der Waals surface area contributed by atoms with Crippen molar-refractivity contribution in [3.63, 3.8) is 0 Å². The summed E-state index contributed by atoms with van der Waals surface area (Å²) in [6.07, 6.45) is 8.10. The number of carbonyl (C=O) groups is 2. The molecule has 0 aromatic rings. The molecular weight excluding hydrogens is 434 g/mol. The highest BCUT2D eigenvalue weighted by Gasteiger charge is 2.62. The summed E-state index contributed by atoms with van der Waals surface area (Å²) in [6, 6.07) is -0.280. The maximum Gasteiger partial charge on any atom is 0.271 e. The topological polar surface area (TPSA) is 49.4 Å². The maximum absolute atomic E-state index is 13.6. The lowest BCUT2D eigenvalue weighted by Crippen LogP contribution is -2.61. The summed E-state index contributed by atoms with van der Waals surface area (Å²) in [5, 5.41) is 2.98. The molecule has 3 saturated carbocycles. The number of unbranched alkanes of at least 4 members (excludes halogenated alkanes) is 1. The van der Waals surface area contributed by atoms with Crippen molar-refractivity contribution >= 4 is 11.8 Å². The van der Waals surface area contributed by atoms with Gasteiger partial charge in [0, 0.05) is 31.0 Å². The Labute approximate surface area is 204 Å². The normalized spacial score (nSPS) is 40.1. The van der Waals surface area contributed by atoms with E-state index >= 15 is 0 Å². The molecule has 1 aliphatic heterocycles. The largest absolute Gasteiger partial charge is 0.349 e. The highest BCUT2D eigenvalue weighted by Crippen LogP contribution is 2.66. The second-order valence-corrected chi connectivity index (χ2v) is 12.3. The maximum atomic E-state index is 13.6. The summed E-state index contributed by atoms with van der Waals surface area (Å²) in [5.41, 5.74) is 0.187. The van der Waals surface area contributed by atoms with Gasteiger partial charge in [-0.05, 0) is 93.3 Å². The van der Waals surface area contributed by atoms with Gasteiger partial charge in [-0.2, -0.15) is 8.78 Å². The zero-order valence-electron chi connectivity index (χ0n) is 21.8. The number of carbonyl (C=O) groups excluding carboxylic acids is 2. The molecule has 0 aromatic carbocycles. The fraction of sp³-hybridized carbons (Fsp3) is 0.857. The zero-order valence-corrected chi connectivity index (χ0v) is 21.8. The fourth-order valence-electron chi connectivity index (χ4n) is 8.82. The molecule has 192 valence electrons. The average Bonchev–Trinajstić information content (AvgIpc) is 3.14. The number of fused-ring (bicyclic) bond motifs is 5. The zero-order chi connectivity index (χ0) is 24.8. The molecule has 3 aliphatic carbocycles. The van der Waals surface area contributed by atoms with Crippen LogP contribution in [-0.4, -0.2) is 35.8 Å². The van der Waals surface area contributed by atoms with E-state index in [9.17, 15) is 18.4 Å². The first-order valence-electron chi connectivity index (χ1n) is 13.6. The molecule has 0 aromatic heterocycles. The molecule has 34 heavy (non-hydrogen) atoms. The van der Waals surface area contributed by atoms with Crippen LogP contribution in [0.2, 0.25) is 0 Å². The van der Waals surface area contributed by atoms with Crippen molar-refractivity contribution in [1.82, 2.24) is 10.2 Å². The van der Waals surface area contributed by atoms with Crippen molar-refractivity contribution in [1.29, 1.82) is 0 Å². The minimum atomic E-state index is -1.64. The van der Waals surface area contributed by atoms with Gasteiger partial charge in [0.25, 0.3) is 6.08 Å². The Balaban J connectivity index is 1.48. The van der Waals surface area contributed by atoms with E-state index in [0.717, 1.165) is 51.4 Å². The third-order valence-electron chi connectivity index (χ3n) is 10.8. The second kappa shape index (κ2) is 9.54. The lowest BCUT2D eigenvalue weighted by atomic mass is 9.47. The Bertz CT molecular complexity index is 840. The van der Waals surface area contributed by atoms with E-state index < -0.39 is 12.1 Å². The molecule has 6 heteroatoms. The molecule has 0 bridgehead atoms. The van der Waals surface area contributed by atoms with Crippen molar-refractivity contribution in [2.24, 2.45) is 34.5 Å². The number of nitrogens with zero attached hydrogens (tertiary/aromatic N) is 1. The van der Waals surface area contributed by atoms with Gasteiger partial charge in [0.2, 0.25) is 11.8 Å². The monoisotopic (exact) mass is 478 g/mol. The van der Waals surface area contributed by atoms with Gasteiger partial charge in [0.05, 0.1) is 6.04 Å². The Kier molecular flexibility index (Phi) is 7.19. The summed E-state index contributed by atoms with van der Waals surface area (Å²) in [7, 11) is 1.98. The molecule has 4 rings (SSSR count). The predicted molar refractivity (Wildman–Crippen MR) is 130 cm³/mol. The van der Waals surface area contributed by atoms with E-state index in [-0.39, 0.29) is 34.1 Å². The van der Waals surface area contributed by atoms with Gasteiger partial charge in [-0.15, -0.1) is 0 Å². The third kappa shape index (κ3) is 4.11. The van der Waals surface area contributed by atoms with Gasteiger partial charge in [0.1, 0.15) is 0 Å². The molecule has 1 N–H and O–H groups in total. The van der Waals surface area contributed by atoms with E-state index in [1.807, 2.05) is 18.9 Å². The molecule has 1 saturated heterocycles. The standard InChI is InChI=1S/C28H44F2N2O2/c1-6-7-8-18(25(29)30)17(2)31-26(34)22-11-10-20-19-9-12-23-28(4,16-14-24(33)32(23)5)21(19)13-15-27(20,22)3/h17,19-23H,6-16H2,1-5H3,(H,31,34)/t17?,19-,20-,21-,22+,23+,27-,28+/m0/s1. The summed E-state index contributed by atoms with van der Waals surface area (Å²) >= 11 is 0. The first-order valence-corrected chi connectivity index (χ1v) is 13.6. The first kappa shape index (κ1) is 25.6. The Hall–Kier alpha value is -1.46. The van der Waals surface area contributed by atoms with Gasteiger partial charge < -0.3 is 10.2 Å². The van der Waals surface area contributed by atoms with Crippen LogP contribution in [-0.2, 0) is 9.59 Å². The second-order valence-electron chi connectivity index (χ2n) is 12.3. The van der Waals surface area contributed by atoms with Gasteiger partial charge in [0.15, 0.2) is 0 Å². The smallest absolute Gasteiger partial charge is 0.271 e. The van der Waals surface area contributed by atoms with Crippen LogP contribution < -0.4 is 5.32 Å². The Morgan fingerprint density at radius 2 is 1.79 bits per heavy atom. The van der Waals surface area contributed by atoms with Gasteiger partial charge in [-0.25, -0.2) is 0 Å². The van der Waals surface area contributed by atoms with Gasteiger partial charge in [-0.3, -0.25) is 9.59 Å². The Morgan fingerprint density at radius 1 is 1.09 bits per heavy atom. The number of nitrogens with one attached hydrogen (secondary N) is 1. The molecule has 8 atom stereocenters. The predicted octanol–water partition coefficient (Wildman–Crippen LogP) is 6.31. The molecule has 4 fully saturated rings. The van der Waals surface area contributed by atoms with Crippen LogP contribution in [0.3, 0.4) is 0 Å². The molecule has 2 amide bonds. The molecule has 4 aliphatic rings. The van der Waals surface area contributed by atoms with Crippen molar-refractivity contribution in [3.05, 3.63) is 11.7 Å². The van der Waals surface area contributed by atoms with Crippen molar-refractivity contribution in [2.45, 2.75) is 110 Å². The molecule has 0 spiro atoms. The minimum absolute atomic E-state index is 0.0332. The minimum Gasteiger partial charge on any atom is -0.349 e. The summed E-state index contributed by atoms with van der Waals surface area (Å²) in [5.74, 6) is 1.85. The molecule has 0 radical (unpaired) electrons. The van der Waals surface area contributed by atoms with E-state index in [2.05, 4.69) is 19.2 Å². The Morgan fingerprint density at radius 3 is 2.47 bits per heavy atom. The van der Waals surface area contributed by atoms with Crippen LogP contribution in [0.5, 0.6) is 0 Å². The summed E-state index contributed by atoms with van der Waals surface area (Å²) < 4.78 is 27.1. The van der Waals surface area contributed by atoms with Crippen molar-refractivity contribution in [3.8, 4) is 0 Å². The van der Waals surface area contributed by atoms with Crippen molar-refractivity contribution < 1.29 is 18.4 Å². The van der Waals surface area contributed by atoms with Crippen LogP contribution in [0.25, 0.3) is 0 Å². The quantitative estimate of drug-likeness (QED) is 0.486. The first-order chi connectivity index (χ1) is 16.0. The van der Waals surface area contributed by atoms with E-state index in [1.165, 1.54) is 0 Å². The number of hydrogen-bond donors (Lipinski definition) is 1. The summed E-state index contributed by atoms with van der Waals surface area (Å²) in [6.45, 7) is 8.40. The number of amides is 2. The number of halogens is 2. The molecule has 1 heterocycles. The van der Waals surface area contributed by atoms with Crippen LogP contribution in [0.4, 0.5) is 8.78 Å². The van der Waals surface area contributed by atoms with Crippen LogP contribution in [0.15, 0.2) is 11.7 Å². The summed E-state index contributed by atoms with van der Waals surface area (Å²) in [4.78, 5) is 27.8. The van der Waals surface area contributed by atoms with E-state index in [4.69, 9.17) is 0 Å². The molecular formula is C28H44F2N2O2. The van der Waals surface area contributed by atoms with Crippen LogP contribution in [0, 0.1) is 34.5 Å². The number of likely N-dealkylation sites (tertiary alicyclic amines) is 1. The SMILES string of the molecule is CCCCC(=C(F)F)C(C)NC(=O)[C@H]1CC[C@H]2[C@@H]3CC[C@H]4N(C)C(=O)CC[C@]4(C)[C@H]3CC[C@]12C. The highest BCUT2D eigenvalue weighted by atomic mass is 19.3. The average molecular weight is 479 g/mol. The van der Waals surface area contributed by atoms with Crippen LogP contribution >= 0.6 is 0 Å². The number of rotatable bonds is 6. The number of piperidine rings is 1. The van der Waals surface area contributed by atoms with Gasteiger partial charge >= 0.3 is 0 Å². The molecule has 4 nitrogen and oxygen atoms in total.